The van der Waals surface area contributed by atoms with Gasteiger partial charge in [0.25, 0.3) is 0 Å². The summed E-state index contributed by atoms with van der Waals surface area (Å²) in [5, 5.41) is 2.04. The first-order chi connectivity index (χ1) is 10.3. The number of pyridine rings is 1. The number of nitrogens with zero attached hydrogens (tertiary/aromatic N) is 1. The third kappa shape index (κ3) is 2.76. The van der Waals surface area contributed by atoms with E-state index in [-0.39, 0.29) is 0 Å². The number of ether oxygens (including phenoxy) is 2. The quantitative estimate of drug-likeness (QED) is 0.711. The van der Waals surface area contributed by atoms with Crippen molar-refractivity contribution in [3.8, 4) is 33.3 Å². The zero-order valence-corrected chi connectivity index (χ0v) is 12.7. The van der Waals surface area contributed by atoms with E-state index in [2.05, 4.69) is 11.1 Å². The Bertz CT molecular complexity index is 721. The zero-order valence-electron chi connectivity index (χ0n) is 11.9. The van der Waals surface area contributed by atoms with Crippen LogP contribution in [0.3, 0.4) is 0 Å². The summed E-state index contributed by atoms with van der Waals surface area (Å²) in [6.45, 7) is 0. The normalized spacial score (nSPS) is 10.4. The highest BCUT2D eigenvalue weighted by Crippen LogP contribution is 2.33. The highest BCUT2D eigenvalue weighted by molar-refractivity contribution is 7.13. The second kappa shape index (κ2) is 5.97. The van der Waals surface area contributed by atoms with E-state index < -0.39 is 0 Å². The Kier molecular flexibility index (Phi) is 3.88. The first-order valence-electron chi connectivity index (χ1n) is 6.55. The lowest BCUT2D eigenvalue weighted by Gasteiger charge is -2.10. The molecule has 0 aliphatic carbocycles. The molecule has 0 atom stereocenters. The van der Waals surface area contributed by atoms with E-state index in [1.165, 1.54) is 0 Å². The predicted octanol–water partition coefficient (Wildman–Crippen LogP) is 4.49. The van der Waals surface area contributed by atoms with E-state index in [4.69, 9.17) is 9.47 Å². The van der Waals surface area contributed by atoms with Gasteiger partial charge in [-0.1, -0.05) is 18.2 Å². The Labute approximate surface area is 127 Å². The lowest BCUT2D eigenvalue weighted by atomic mass is 10.1. The summed E-state index contributed by atoms with van der Waals surface area (Å²) in [7, 11) is 3.31. The number of methoxy groups -OCH3 is 2. The Balaban J connectivity index is 2.02. The Morgan fingerprint density at radius 2 is 1.71 bits per heavy atom. The average molecular weight is 297 g/mol. The van der Waals surface area contributed by atoms with E-state index in [0.717, 1.165) is 27.4 Å². The predicted molar refractivity (Wildman–Crippen MR) is 86.1 cm³/mol. The molecule has 0 saturated heterocycles. The molecule has 0 spiro atoms. The van der Waals surface area contributed by atoms with Crippen LogP contribution in [0.4, 0.5) is 0 Å². The fourth-order valence-electron chi connectivity index (χ4n) is 2.15. The molecule has 0 aliphatic heterocycles. The minimum atomic E-state index is 0.631. The van der Waals surface area contributed by atoms with Gasteiger partial charge in [0, 0.05) is 5.56 Å². The lowest BCUT2D eigenvalue weighted by Crippen LogP contribution is -1.93. The molecule has 0 radical (unpaired) electrons. The minimum absolute atomic E-state index is 0.631. The van der Waals surface area contributed by atoms with Crippen molar-refractivity contribution >= 4 is 11.3 Å². The van der Waals surface area contributed by atoms with Gasteiger partial charge in [-0.3, -0.25) is 0 Å². The summed E-state index contributed by atoms with van der Waals surface area (Å²) in [6.07, 6.45) is 0. The summed E-state index contributed by atoms with van der Waals surface area (Å²) in [4.78, 5) is 5.74. The summed E-state index contributed by atoms with van der Waals surface area (Å²) in [5.74, 6) is 1.46. The van der Waals surface area contributed by atoms with Crippen LogP contribution in [0.1, 0.15) is 0 Å². The highest BCUT2D eigenvalue weighted by Gasteiger charge is 2.10. The van der Waals surface area contributed by atoms with Crippen LogP contribution in [-0.4, -0.2) is 19.2 Å². The number of rotatable bonds is 4. The number of aromatic nitrogens is 1. The molecule has 2 heterocycles. The van der Waals surface area contributed by atoms with Crippen LogP contribution in [0.15, 0.2) is 53.9 Å². The molecule has 1 aromatic carbocycles. The third-order valence-electron chi connectivity index (χ3n) is 3.23. The van der Waals surface area contributed by atoms with Gasteiger partial charge in [-0.05, 0) is 41.3 Å². The van der Waals surface area contributed by atoms with Crippen LogP contribution in [0.2, 0.25) is 0 Å². The largest absolute Gasteiger partial charge is 0.497 e. The zero-order chi connectivity index (χ0) is 14.7. The maximum absolute atomic E-state index is 5.46. The van der Waals surface area contributed by atoms with E-state index >= 15 is 0 Å². The monoisotopic (exact) mass is 297 g/mol. The van der Waals surface area contributed by atoms with E-state index in [0.29, 0.717) is 5.88 Å². The van der Waals surface area contributed by atoms with Crippen molar-refractivity contribution in [1.82, 2.24) is 4.98 Å². The molecule has 0 saturated carbocycles. The van der Waals surface area contributed by atoms with Crippen molar-refractivity contribution in [2.75, 3.05) is 14.2 Å². The van der Waals surface area contributed by atoms with Gasteiger partial charge in [-0.25, -0.2) is 4.98 Å². The molecular formula is C17H15NO2S. The van der Waals surface area contributed by atoms with Crippen molar-refractivity contribution < 1.29 is 9.47 Å². The van der Waals surface area contributed by atoms with Crippen LogP contribution in [0.25, 0.3) is 21.7 Å². The molecule has 2 aromatic heterocycles. The molecule has 0 unspecified atom stereocenters. The van der Waals surface area contributed by atoms with Crippen LogP contribution in [-0.2, 0) is 0 Å². The molecule has 21 heavy (non-hydrogen) atoms. The topological polar surface area (TPSA) is 31.4 Å². The molecule has 3 nitrogen and oxygen atoms in total. The van der Waals surface area contributed by atoms with Gasteiger partial charge < -0.3 is 9.47 Å². The molecular weight excluding hydrogens is 282 g/mol. The van der Waals surface area contributed by atoms with E-state index in [1.54, 1.807) is 25.6 Å². The Morgan fingerprint density at radius 3 is 2.33 bits per heavy atom. The summed E-state index contributed by atoms with van der Waals surface area (Å²) in [6, 6.07) is 16.0. The maximum atomic E-state index is 5.46. The first kappa shape index (κ1) is 13.6. The van der Waals surface area contributed by atoms with Crippen LogP contribution < -0.4 is 9.47 Å². The second-order valence-electron chi connectivity index (χ2n) is 4.46. The van der Waals surface area contributed by atoms with Crippen molar-refractivity contribution in [1.29, 1.82) is 0 Å². The van der Waals surface area contributed by atoms with Gasteiger partial charge in [0.2, 0.25) is 5.88 Å². The van der Waals surface area contributed by atoms with Crippen LogP contribution >= 0.6 is 11.3 Å². The Morgan fingerprint density at radius 1 is 0.905 bits per heavy atom. The first-order valence-corrected chi connectivity index (χ1v) is 7.43. The van der Waals surface area contributed by atoms with Gasteiger partial charge in [0.05, 0.1) is 24.8 Å². The van der Waals surface area contributed by atoms with Crippen molar-refractivity contribution in [2.24, 2.45) is 0 Å². The van der Waals surface area contributed by atoms with E-state index in [9.17, 15) is 0 Å². The second-order valence-corrected chi connectivity index (χ2v) is 5.41. The van der Waals surface area contributed by atoms with Gasteiger partial charge in [-0.2, -0.15) is 0 Å². The van der Waals surface area contributed by atoms with Crippen molar-refractivity contribution in [3.05, 3.63) is 53.9 Å². The lowest BCUT2D eigenvalue weighted by molar-refractivity contribution is 0.400. The van der Waals surface area contributed by atoms with Crippen molar-refractivity contribution in [2.45, 2.75) is 0 Å². The SMILES string of the molecule is COc1ccc(-c2ccc(-c3cccs3)nc2OC)cc1. The van der Waals surface area contributed by atoms with Crippen molar-refractivity contribution in [3.63, 3.8) is 0 Å². The molecule has 0 N–H and O–H groups in total. The molecule has 0 bridgehead atoms. The summed E-state index contributed by atoms with van der Waals surface area (Å²) < 4.78 is 10.6. The molecule has 3 rings (SSSR count). The average Bonchev–Trinajstić information content (AvgIpc) is 3.09. The molecule has 106 valence electrons. The molecule has 0 fully saturated rings. The minimum Gasteiger partial charge on any atom is -0.497 e. The fraction of sp³-hybridized carbons (Fsp3) is 0.118. The molecule has 3 aromatic rings. The standard InChI is InChI=1S/C17H15NO2S/c1-19-13-7-5-12(6-8-13)14-9-10-15(18-17(14)20-2)16-4-3-11-21-16/h3-11H,1-2H3. The number of hydrogen-bond donors (Lipinski definition) is 0. The number of thiophene rings is 1. The summed E-state index contributed by atoms with van der Waals surface area (Å²) in [5.41, 5.74) is 2.96. The molecule has 0 aliphatic rings. The highest BCUT2D eigenvalue weighted by atomic mass is 32.1. The summed E-state index contributed by atoms with van der Waals surface area (Å²) >= 11 is 1.67. The van der Waals surface area contributed by atoms with Crippen LogP contribution in [0, 0.1) is 0 Å². The van der Waals surface area contributed by atoms with E-state index in [1.807, 2.05) is 47.8 Å². The molecule has 0 amide bonds. The maximum Gasteiger partial charge on any atom is 0.221 e. The number of hydrogen-bond acceptors (Lipinski definition) is 4. The smallest absolute Gasteiger partial charge is 0.221 e. The van der Waals surface area contributed by atoms with Crippen LogP contribution in [0.5, 0.6) is 11.6 Å². The molecule has 4 heteroatoms. The van der Waals surface area contributed by atoms with Gasteiger partial charge in [0.1, 0.15) is 5.75 Å². The van der Waals surface area contributed by atoms with Gasteiger partial charge >= 0.3 is 0 Å². The Hall–Kier alpha value is -2.33. The van der Waals surface area contributed by atoms with Gasteiger partial charge in [0.15, 0.2) is 0 Å². The number of benzene rings is 1. The third-order valence-corrected chi connectivity index (χ3v) is 4.12. The van der Waals surface area contributed by atoms with Gasteiger partial charge in [-0.15, -0.1) is 11.3 Å². The fourth-order valence-corrected chi connectivity index (χ4v) is 2.84.